The second kappa shape index (κ2) is 13.1. The number of ether oxygens (including phenoxy) is 2. The number of hydrogen-bond donors (Lipinski definition) is 2. The number of carbonyl (C=O) groups excluding carboxylic acids is 1. The van der Waals surface area contributed by atoms with Gasteiger partial charge < -0.3 is 25.0 Å². The Morgan fingerprint density at radius 3 is 2.84 bits per heavy atom. The number of fused-ring (bicyclic) bond motifs is 1. The number of nitrogens with zero attached hydrogens (tertiary/aromatic N) is 4. The van der Waals surface area contributed by atoms with Crippen molar-refractivity contribution in [3.63, 3.8) is 0 Å². The van der Waals surface area contributed by atoms with Crippen molar-refractivity contribution in [3.8, 4) is 5.75 Å². The van der Waals surface area contributed by atoms with Crippen LogP contribution in [0.5, 0.6) is 5.75 Å². The number of anilines is 3. The molecular formula is C26H32Cl2N6O3. The molecule has 1 aromatic carbocycles. The van der Waals surface area contributed by atoms with Crippen molar-refractivity contribution >= 4 is 47.2 Å². The van der Waals surface area contributed by atoms with Crippen LogP contribution in [0.25, 0.3) is 0 Å². The second-order valence-electron chi connectivity index (χ2n) is 9.00. The molecule has 2 N–H and O–H groups in total. The molecule has 9 nitrogen and oxygen atoms in total. The summed E-state index contributed by atoms with van der Waals surface area (Å²) < 4.78 is 11.5. The van der Waals surface area contributed by atoms with Gasteiger partial charge in [-0.15, -0.1) is 12.4 Å². The van der Waals surface area contributed by atoms with E-state index in [0.717, 1.165) is 75.2 Å². The highest BCUT2D eigenvalue weighted by atomic mass is 35.5. The third-order valence-electron chi connectivity index (χ3n) is 6.43. The molecule has 37 heavy (non-hydrogen) atoms. The van der Waals surface area contributed by atoms with Crippen LogP contribution in [-0.2, 0) is 9.53 Å². The molecule has 2 saturated heterocycles. The number of morpholine rings is 1. The molecule has 3 aliphatic rings. The topological polar surface area (TPSA) is 91.9 Å². The van der Waals surface area contributed by atoms with E-state index >= 15 is 0 Å². The van der Waals surface area contributed by atoms with Gasteiger partial charge in [0, 0.05) is 57.0 Å². The largest absolute Gasteiger partial charge is 0.490 e. The average molecular weight is 547 g/mol. The van der Waals surface area contributed by atoms with E-state index in [9.17, 15) is 4.79 Å². The highest BCUT2D eigenvalue weighted by Gasteiger charge is 2.21. The summed E-state index contributed by atoms with van der Waals surface area (Å²) >= 11 is 6.43. The maximum absolute atomic E-state index is 12.1. The number of nitrogens with one attached hydrogen (secondary N) is 2. The molecule has 0 unspecified atom stereocenters. The number of aromatic nitrogens is 2. The van der Waals surface area contributed by atoms with Gasteiger partial charge in [0.2, 0.25) is 5.95 Å². The second-order valence-corrected chi connectivity index (χ2v) is 9.41. The van der Waals surface area contributed by atoms with Crippen molar-refractivity contribution in [1.82, 2.24) is 19.8 Å². The number of rotatable bonds is 8. The zero-order chi connectivity index (χ0) is 24.7. The van der Waals surface area contributed by atoms with Crippen molar-refractivity contribution in [1.29, 1.82) is 0 Å². The Morgan fingerprint density at radius 2 is 1.97 bits per heavy atom. The highest BCUT2D eigenvalue weighted by Crippen LogP contribution is 2.31. The number of carbonyl (C=O) groups is 1. The number of hydrogen-bond acceptors (Lipinski definition) is 9. The summed E-state index contributed by atoms with van der Waals surface area (Å²) in [5.41, 5.74) is 2.69. The lowest BCUT2D eigenvalue weighted by Crippen LogP contribution is -2.38. The van der Waals surface area contributed by atoms with E-state index < -0.39 is 0 Å². The van der Waals surface area contributed by atoms with Gasteiger partial charge in [-0.25, -0.2) is 4.98 Å². The first-order valence-corrected chi connectivity index (χ1v) is 12.8. The maximum Gasteiger partial charge on any atom is 0.229 e. The van der Waals surface area contributed by atoms with Gasteiger partial charge in [-0.1, -0.05) is 23.7 Å². The first-order valence-electron chi connectivity index (χ1n) is 12.4. The fourth-order valence-electron chi connectivity index (χ4n) is 4.47. The van der Waals surface area contributed by atoms with Gasteiger partial charge in [0.15, 0.2) is 5.82 Å². The van der Waals surface area contributed by atoms with Crippen molar-refractivity contribution in [2.24, 2.45) is 0 Å². The van der Waals surface area contributed by atoms with Crippen LogP contribution in [0.3, 0.4) is 0 Å². The predicted molar refractivity (Wildman–Crippen MR) is 147 cm³/mol. The molecule has 2 aromatic rings. The third kappa shape index (κ3) is 7.35. The molecular weight excluding hydrogens is 515 g/mol. The lowest BCUT2D eigenvalue weighted by Gasteiger charge is -2.28. The first-order chi connectivity index (χ1) is 17.6. The van der Waals surface area contributed by atoms with Gasteiger partial charge in [0.25, 0.3) is 0 Å². The monoisotopic (exact) mass is 546 g/mol. The fourth-order valence-corrected chi connectivity index (χ4v) is 4.61. The summed E-state index contributed by atoms with van der Waals surface area (Å²) in [7, 11) is 0. The van der Waals surface area contributed by atoms with Crippen molar-refractivity contribution in [3.05, 3.63) is 59.0 Å². The molecule has 0 aliphatic carbocycles. The summed E-state index contributed by atoms with van der Waals surface area (Å²) in [5.74, 6) is 1.91. The quantitative estimate of drug-likeness (QED) is 0.503. The number of allylic oxidation sites excluding steroid dienone is 2. The molecule has 198 valence electrons. The van der Waals surface area contributed by atoms with Crippen LogP contribution in [0.2, 0.25) is 5.02 Å². The van der Waals surface area contributed by atoms with E-state index in [4.69, 9.17) is 21.1 Å². The predicted octanol–water partition coefficient (Wildman–Crippen LogP) is 4.25. The average Bonchev–Trinajstić information content (AvgIpc) is 3.08. The molecule has 11 heteroatoms. The van der Waals surface area contributed by atoms with Crippen molar-refractivity contribution in [2.45, 2.75) is 19.3 Å². The molecule has 4 heterocycles. The molecule has 0 atom stereocenters. The molecule has 1 aromatic heterocycles. The first kappa shape index (κ1) is 27.2. The minimum absolute atomic E-state index is 0. The van der Waals surface area contributed by atoms with E-state index in [0.29, 0.717) is 36.2 Å². The molecule has 0 saturated carbocycles. The molecule has 0 amide bonds. The number of ketones is 1. The Morgan fingerprint density at radius 1 is 1.14 bits per heavy atom. The summed E-state index contributed by atoms with van der Waals surface area (Å²) in [6.45, 7) is 6.47. The Labute approximate surface area is 228 Å². The fraction of sp³-hybridized carbons (Fsp3) is 0.423. The third-order valence-corrected chi connectivity index (χ3v) is 6.71. The van der Waals surface area contributed by atoms with Crippen LogP contribution in [-0.4, -0.2) is 78.1 Å². The Bertz CT molecular complexity index is 1150. The van der Waals surface area contributed by atoms with Gasteiger partial charge in [0.05, 0.1) is 25.1 Å². The molecule has 3 aliphatic heterocycles. The van der Waals surface area contributed by atoms with Gasteiger partial charge in [0.1, 0.15) is 23.2 Å². The SMILES string of the molecule is Cl.O=C1CCCN2CC=C(Nc3ncc(Cl)c(Nc4ccccc4OCCN4CCOCC4)n3)C=C2C1. The van der Waals surface area contributed by atoms with Crippen LogP contribution >= 0.6 is 24.0 Å². The minimum Gasteiger partial charge on any atom is -0.490 e. The van der Waals surface area contributed by atoms with E-state index in [1.807, 2.05) is 30.3 Å². The van der Waals surface area contributed by atoms with Crippen LogP contribution in [0.15, 0.2) is 54.0 Å². The lowest BCUT2D eigenvalue weighted by atomic mass is 10.1. The summed E-state index contributed by atoms with van der Waals surface area (Å²) in [6.07, 6.45) is 7.68. The van der Waals surface area contributed by atoms with Crippen LogP contribution in [0.4, 0.5) is 17.5 Å². The zero-order valence-corrected chi connectivity index (χ0v) is 22.2. The van der Waals surface area contributed by atoms with Crippen LogP contribution in [0.1, 0.15) is 19.3 Å². The summed E-state index contributed by atoms with van der Waals surface area (Å²) in [6, 6.07) is 7.73. The van der Waals surface area contributed by atoms with Crippen molar-refractivity contribution in [2.75, 3.05) is 63.2 Å². The minimum atomic E-state index is 0. The number of Topliss-reactive ketones (excluding diaryl/α,β-unsaturated/α-hetero) is 1. The number of benzene rings is 1. The normalized spacial score (nSPS) is 18.1. The van der Waals surface area contributed by atoms with Crippen LogP contribution in [0, 0.1) is 0 Å². The Kier molecular flexibility index (Phi) is 9.62. The van der Waals surface area contributed by atoms with E-state index in [2.05, 4.69) is 36.5 Å². The van der Waals surface area contributed by atoms with Crippen molar-refractivity contribution < 1.29 is 14.3 Å². The Balaban J connectivity index is 0.00000320. The standard InChI is InChI=1S/C26H31ClN6O3.ClH/c27-22-18-28-26(29-19-7-9-33-8-3-4-21(34)17-20(33)16-19)31-25(22)30-23-5-1-2-6-24(23)36-15-12-32-10-13-35-14-11-32;/h1-2,5-7,16,18H,3-4,8-15,17H2,(H2,28,29,30,31);1H. The molecule has 0 spiro atoms. The van der Waals surface area contributed by atoms with E-state index in [1.54, 1.807) is 6.20 Å². The Hall–Kier alpha value is -2.85. The zero-order valence-electron chi connectivity index (χ0n) is 20.6. The van der Waals surface area contributed by atoms with Gasteiger partial charge in [-0.2, -0.15) is 4.98 Å². The lowest BCUT2D eigenvalue weighted by molar-refractivity contribution is -0.118. The highest BCUT2D eigenvalue weighted by molar-refractivity contribution is 6.32. The maximum atomic E-state index is 12.1. The van der Waals surface area contributed by atoms with Gasteiger partial charge in [-0.05, 0) is 30.7 Å². The smallest absolute Gasteiger partial charge is 0.229 e. The van der Waals surface area contributed by atoms with Crippen LogP contribution < -0.4 is 15.4 Å². The molecule has 0 bridgehead atoms. The number of para-hydroxylation sites is 2. The molecule has 2 fully saturated rings. The van der Waals surface area contributed by atoms with Gasteiger partial charge >= 0.3 is 0 Å². The van der Waals surface area contributed by atoms with E-state index in [1.165, 1.54) is 0 Å². The number of halogens is 2. The summed E-state index contributed by atoms with van der Waals surface area (Å²) in [4.78, 5) is 25.6. The molecule has 5 rings (SSSR count). The van der Waals surface area contributed by atoms with Gasteiger partial charge in [-0.3, -0.25) is 9.69 Å². The van der Waals surface area contributed by atoms with E-state index in [-0.39, 0.29) is 18.2 Å². The molecule has 0 radical (unpaired) electrons. The summed E-state index contributed by atoms with van der Waals surface area (Å²) in [5, 5.41) is 6.97.